The Morgan fingerprint density at radius 3 is 2.83 bits per heavy atom. The zero-order valence-corrected chi connectivity index (χ0v) is 11.0. The lowest BCUT2D eigenvalue weighted by Crippen LogP contribution is -2.39. The summed E-state index contributed by atoms with van der Waals surface area (Å²) in [5, 5.41) is 5.27. The van der Waals surface area contributed by atoms with Crippen molar-refractivity contribution >= 4 is 23.5 Å². The van der Waals surface area contributed by atoms with Gasteiger partial charge in [0.1, 0.15) is 6.54 Å². The van der Waals surface area contributed by atoms with E-state index < -0.39 is 0 Å². The lowest BCUT2D eigenvalue weighted by Gasteiger charge is -2.06. The highest BCUT2D eigenvalue weighted by molar-refractivity contribution is 6.11. The fourth-order valence-corrected chi connectivity index (χ4v) is 1.47. The van der Waals surface area contributed by atoms with Gasteiger partial charge < -0.3 is 5.32 Å². The number of carbonyl (C=O) groups is 2. The number of nitrogens with zero attached hydrogens (tertiary/aromatic N) is 2. The first kappa shape index (κ1) is 14.3. The van der Waals surface area contributed by atoms with Crippen LogP contribution in [0, 0.1) is 0 Å². The first-order valence-electron chi connectivity index (χ1n) is 6.33. The average molecular weight is 252 g/mol. The number of amides is 2. The number of nitrogens with one attached hydrogen (secondary N) is 2. The maximum atomic E-state index is 11.5. The number of hydrogen-bond acceptors (Lipinski definition) is 4. The summed E-state index contributed by atoms with van der Waals surface area (Å²) < 4.78 is 0. The molecule has 1 heterocycles. The molecule has 0 fully saturated rings. The molecule has 6 heteroatoms. The zero-order valence-electron chi connectivity index (χ0n) is 11.0. The Kier molecular flexibility index (Phi) is 6.04. The van der Waals surface area contributed by atoms with E-state index in [1.165, 1.54) is 0 Å². The van der Waals surface area contributed by atoms with E-state index in [0.717, 1.165) is 18.6 Å². The summed E-state index contributed by atoms with van der Waals surface area (Å²) in [7, 11) is 0. The molecule has 0 aromatic heterocycles. The third-order valence-corrected chi connectivity index (χ3v) is 2.52. The Bertz CT molecular complexity index is 374. The lowest BCUT2D eigenvalue weighted by molar-refractivity contribution is -0.116. The van der Waals surface area contributed by atoms with Crippen molar-refractivity contribution in [2.24, 2.45) is 9.98 Å². The number of rotatable bonds is 4. The smallest absolute Gasteiger partial charge is 0.321 e. The summed E-state index contributed by atoms with van der Waals surface area (Å²) in [6.07, 6.45) is 2.96. The van der Waals surface area contributed by atoms with E-state index in [1.54, 1.807) is 0 Å². The molecule has 18 heavy (non-hydrogen) atoms. The summed E-state index contributed by atoms with van der Waals surface area (Å²) in [6.45, 7) is 4.69. The van der Waals surface area contributed by atoms with Gasteiger partial charge in [-0.15, -0.1) is 0 Å². The van der Waals surface area contributed by atoms with Crippen LogP contribution in [0.15, 0.2) is 9.98 Å². The third kappa shape index (κ3) is 5.07. The summed E-state index contributed by atoms with van der Waals surface area (Å²) in [5.74, 6) is 0.255. The Morgan fingerprint density at radius 2 is 2.17 bits per heavy atom. The molecular weight excluding hydrogens is 232 g/mol. The first-order valence-corrected chi connectivity index (χ1v) is 6.33. The monoisotopic (exact) mass is 252 g/mol. The fraction of sp³-hybridized carbons (Fsp3) is 0.667. The average Bonchev–Trinajstić information content (AvgIpc) is 2.52. The largest absolute Gasteiger partial charge is 0.338 e. The number of guanidine groups is 1. The molecule has 0 aromatic carbocycles. The Balaban J connectivity index is 2.53. The van der Waals surface area contributed by atoms with Crippen LogP contribution in [0.4, 0.5) is 4.79 Å². The number of carbonyl (C=O) groups excluding carboxylic acids is 2. The first-order chi connectivity index (χ1) is 8.65. The second-order valence-corrected chi connectivity index (χ2v) is 4.12. The number of ketones is 1. The summed E-state index contributed by atoms with van der Waals surface area (Å²) in [6, 6.07) is -0.323. The van der Waals surface area contributed by atoms with Gasteiger partial charge in [-0.3, -0.25) is 10.1 Å². The van der Waals surface area contributed by atoms with Crippen molar-refractivity contribution in [1.29, 1.82) is 0 Å². The second-order valence-electron chi connectivity index (χ2n) is 4.12. The topological polar surface area (TPSA) is 82.9 Å². The van der Waals surface area contributed by atoms with Crippen molar-refractivity contribution in [3.05, 3.63) is 0 Å². The number of urea groups is 1. The van der Waals surface area contributed by atoms with E-state index in [0.29, 0.717) is 19.4 Å². The molecule has 1 rings (SSSR count). The Labute approximate surface area is 107 Å². The van der Waals surface area contributed by atoms with Gasteiger partial charge in [-0.1, -0.05) is 20.3 Å². The van der Waals surface area contributed by atoms with Gasteiger partial charge in [-0.2, -0.15) is 0 Å². The predicted molar refractivity (Wildman–Crippen MR) is 71.1 cm³/mol. The van der Waals surface area contributed by atoms with E-state index in [2.05, 4.69) is 27.5 Å². The number of aliphatic imine (C=N–C) groups is 2. The van der Waals surface area contributed by atoms with Crippen molar-refractivity contribution in [1.82, 2.24) is 10.6 Å². The minimum absolute atomic E-state index is 0.0267. The molecule has 0 saturated carbocycles. The van der Waals surface area contributed by atoms with Crippen LogP contribution in [-0.4, -0.2) is 36.6 Å². The molecule has 0 bridgehead atoms. The van der Waals surface area contributed by atoms with Gasteiger partial charge in [0.25, 0.3) is 0 Å². The van der Waals surface area contributed by atoms with E-state index in [9.17, 15) is 9.59 Å². The van der Waals surface area contributed by atoms with Crippen molar-refractivity contribution in [2.45, 2.75) is 39.5 Å². The van der Waals surface area contributed by atoms with Gasteiger partial charge in [-0.05, 0) is 12.8 Å². The van der Waals surface area contributed by atoms with E-state index in [-0.39, 0.29) is 24.3 Å². The summed E-state index contributed by atoms with van der Waals surface area (Å²) in [4.78, 5) is 31.1. The normalized spacial score (nSPS) is 15.6. The second kappa shape index (κ2) is 7.58. The fourth-order valence-electron chi connectivity index (χ4n) is 1.47. The minimum atomic E-state index is -0.323. The van der Waals surface area contributed by atoms with Crippen LogP contribution >= 0.6 is 0 Å². The van der Waals surface area contributed by atoms with E-state index in [4.69, 9.17) is 0 Å². The maximum absolute atomic E-state index is 11.5. The highest BCUT2D eigenvalue weighted by Gasteiger charge is 2.13. The van der Waals surface area contributed by atoms with E-state index >= 15 is 0 Å². The van der Waals surface area contributed by atoms with Crippen molar-refractivity contribution in [2.75, 3.05) is 13.1 Å². The van der Waals surface area contributed by atoms with Gasteiger partial charge in [0.15, 0.2) is 5.78 Å². The van der Waals surface area contributed by atoms with Gasteiger partial charge in [0.2, 0.25) is 5.96 Å². The van der Waals surface area contributed by atoms with Crippen LogP contribution in [-0.2, 0) is 4.79 Å². The van der Waals surface area contributed by atoms with Gasteiger partial charge >= 0.3 is 6.03 Å². The SMILES string of the molecule is CCCCNC(=O)NC1=NCC(=O)CC(CC)=N1. The zero-order chi connectivity index (χ0) is 13.4. The molecule has 6 nitrogen and oxygen atoms in total. The Hall–Kier alpha value is -1.72. The molecule has 0 radical (unpaired) electrons. The molecule has 0 unspecified atom stereocenters. The van der Waals surface area contributed by atoms with Crippen LogP contribution in [0.5, 0.6) is 0 Å². The van der Waals surface area contributed by atoms with Crippen molar-refractivity contribution < 1.29 is 9.59 Å². The van der Waals surface area contributed by atoms with Crippen LogP contribution in [0.1, 0.15) is 39.5 Å². The van der Waals surface area contributed by atoms with Crippen molar-refractivity contribution in [3.8, 4) is 0 Å². The van der Waals surface area contributed by atoms with Crippen molar-refractivity contribution in [3.63, 3.8) is 0 Å². The number of unbranched alkanes of at least 4 members (excludes halogenated alkanes) is 1. The van der Waals surface area contributed by atoms with Gasteiger partial charge in [-0.25, -0.2) is 14.8 Å². The molecule has 0 atom stereocenters. The minimum Gasteiger partial charge on any atom is -0.338 e. The maximum Gasteiger partial charge on any atom is 0.321 e. The van der Waals surface area contributed by atoms with Crippen LogP contribution < -0.4 is 10.6 Å². The van der Waals surface area contributed by atoms with Gasteiger partial charge in [0.05, 0.1) is 0 Å². The summed E-state index contributed by atoms with van der Waals surface area (Å²) >= 11 is 0. The van der Waals surface area contributed by atoms with E-state index in [1.807, 2.05) is 6.92 Å². The molecule has 2 amide bonds. The van der Waals surface area contributed by atoms with Crippen LogP contribution in [0.2, 0.25) is 0 Å². The molecule has 1 aliphatic heterocycles. The molecule has 0 aromatic rings. The Morgan fingerprint density at radius 1 is 1.39 bits per heavy atom. The lowest BCUT2D eigenvalue weighted by atomic mass is 10.1. The highest BCUT2D eigenvalue weighted by Crippen LogP contribution is 2.00. The molecule has 0 saturated heterocycles. The molecular formula is C12H20N4O2. The molecule has 1 aliphatic rings. The highest BCUT2D eigenvalue weighted by atomic mass is 16.2. The van der Waals surface area contributed by atoms with Gasteiger partial charge in [0, 0.05) is 18.7 Å². The number of hydrogen-bond donors (Lipinski definition) is 2. The quantitative estimate of drug-likeness (QED) is 0.738. The van der Waals surface area contributed by atoms with Crippen LogP contribution in [0.25, 0.3) is 0 Å². The molecule has 0 spiro atoms. The van der Waals surface area contributed by atoms with Crippen LogP contribution in [0.3, 0.4) is 0 Å². The number of Topliss-reactive ketones (excluding diaryl/α,β-unsaturated/α-hetero) is 1. The molecule has 0 aliphatic carbocycles. The standard InChI is InChI=1S/C12H20N4O2/c1-3-5-6-13-12(18)16-11-14-8-10(17)7-9(4-2)15-11/h3-8H2,1-2H3,(H2,13,14,16,18). The third-order valence-electron chi connectivity index (χ3n) is 2.52. The summed E-state index contributed by atoms with van der Waals surface area (Å²) in [5.41, 5.74) is 0.755. The molecule has 100 valence electrons. The molecule has 2 N–H and O–H groups in total. The predicted octanol–water partition coefficient (Wildman–Crippen LogP) is 1.27.